The fourth-order valence-corrected chi connectivity index (χ4v) is 6.01. The monoisotopic (exact) mass is 499 g/mol. The molecule has 39 heavy (non-hydrogen) atoms. The Bertz CT molecular complexity index is 2160. The fourth-order valence-electron chi connectivity index (χ4n) is 6.01. The Labute approximate surface area is 226 Å². The van der Waals surface area contributed by atoms with Crippen molar-refractivity contribution in [1.29, 1.82) is 0 Å². The van der Waals surface area contributed by atoms with E-state index in [0.717, 1.165) is 28.2 Å². The summed E-state index contributed by atoms with van der Waals surface area (Å²) in [6, 6.07) is 45.8. The molecule has 3 heterocycles. The quantitative estimate of drug-likeness (QED) is 0.237. The first kappa shape index (κ1) is 21.9. The second-order valence-electron chi connectivity index (χ2n) is 10.2. The molecule has 3 nitrogen and oxygen atoms in total. The van der Waals surface area contributed by atoms with Gasteiger partial charge < -0.3 is 9.13 Å². The van der Waals surface area contributed by atoms with Crippen LogP contribution >= 0.6 is 0 Å². The summed E-state index contributed by atoms with van der Waals surface area (Å²) < 4.78 is 4.79. The summed E-state index contributed by atoms with van der Waals surface area (Å²) in [4.78, 5) is 4.69. The first-order valence-electron chi connectivity index (χ1n) is 13.3. The molecule has 184 valence electrons. The number of hydrogen-bond acceptors (Lipinski definition) is 1. The van der Waals surface area contributed by atoms with Crippen molar-refractivity contribution in [3.63, 3.8) is 0 Å². The van der Waals surface area contributed by atoms with Crippen molar-refractivity contribution in [1.82, 2.24) is 14.1 Å². The molecule has 0 atom stereocenters. The van der Waals surface area contributed by atoms with E-state index in [1.54, 1.807) is 0 Å². The molecule has 0 amide bonds. The van der Waals surface area contributed by atoms with Gasteiger partial charge in [-0.25, -0.2) is 0 Å². The summed E-state index contributed by atoms with van der Waals surface area (Å²) in [5.41, 5.74) is 10.4. The largest absolute Gasteiger partial charge is 0.309 e. The second kappa shape index (κ2) is 8.44. The molecule has 0 aliphatic heterocycles. The Balaban J connectivity index is 1.48. The van der Waals surface area contributed by atoms with Gasteiger partial charge in [0.2, 0.25) is 0 Å². The van der Waals surface area contributed by atoms with Crippen LogP contribution in [0.2, 0.25) is 0 Å². The van der Waals surface area contributed by atoms with E-state index >= 15 is 0 Å². The number of aromatic nitrogens is 3. The number of aryl methyl sites for hydroxylation is 1. The van der Waals surface area contributed by atoms with Crippen LogP contribution in [-0.4, -0.2) is 14.1 Å². The summed E-state index contributed by atoms with van der Waals surface area (Å²) >= 11 is 0. The summed E-state index contributed by atoms with van der Waals surface area (Å²) in [6.45, 7) is 2.07. The number of nitrogens with zero attached hydrogens (tertiary/aromatic N) is 3. The minimum absolute atomic E-state index is 0.981. The molecule has 0 N–H and O–H groups in total. The average molecular weight is 500 g/mol. The summed E-state index contributed by atoms with van der Waals surface area (Å²) in [6.07, 6.45) is 1.93. The van der Waals surface area contributed by atoms with E-state index in [9.17, 15) is 0 Å². The van der Waals surface area contributed by atoms with Crippen molar-refractivity contribution in [2.24, 2.45) is 0 Å². The van der Waals surface area contributed by atoms with Crippen LogP contribution in [0.25, 0.3) is 66.2 Å². The lowest BCUT2D eigenvalue weighted by Gasteiger charge is -2.11. The van der Waals surface area contributed by atoms with Crippen molar-refractivity contribution in [2.75, 3.05) is 0 Å². The number of para-hydroxylation sites is 3. The second-order valence-corrected chi connectivity index (χ2v) is 10.2. The molecule has 0 aliphatic carbocycles. The summed E-state index contributed by atoms with van der Waals surface area (Å²) in [5, 5.41) is 5.04. The molecule has 5 aromatic carbocycles. The minimum Gasteiger partial charge on any atom is -0.309 e. The summed E-state index contributed by atoms with van der Waals surface area (Å²) in [5.74, 6) is 0. The number of benzene rings is 5. The molecule has 0 bridgehead atoms. The third-order valence-electron chi connectivity index (χ3n) is 7.79. The predicted molar refractivity (Wildman–Crippen MR) is 163 cm³/mol. The maximum atomic E-state index is 4.69. The van der Waals surface area contributed by atoms with Gasteiger partial charge in [-0.2, -0.15) is 0 Å². The highest BCUT2D eigenvalue weighted by Gasteiger charge is 2.18. The molecule has 8 aromatic rings. The molecule has 3 aromatic heterocycles. The van der Waals surface area contributed by atoms with Crippen LogP contribution in [0.3, 0.4) is 0 Å². The molecule has 0 spiro atoms. The number of rotatable bonds is 3. The first-order chi connectivity index (χ1) is 19.3. The molecule has 0 radical (unpaired) electrons. The van der Waals surface area contributed by atoms with E-state index in [0.29, 0.717) is 0 Å². The fraction of sp³-hybridized carbons (Fsp3) is 0.0278. The molecule has 0 saturated carbocycles. The maximum Gasteiger partial charge on any atom is 0.0702 e. The first-order valence-corrected chi connectivity index (χ1v) is 13.3. The van der Waals surface area contributed by atoms with Crippen molar-refractivity contribution in [3.05, 3.63) is 139 Å². The van der Waals surface area contributed by atoms with E-state index in [1.165, 1.54) is 43.6 Å². The molecule has 0 unspecified atom stereocenters. The number of fused-ring (bicyclic) bond motifs is 6. The molecule has 0 fully saturated rings. The van der Waals surface area contributed by atoms with Gasteiger partial charge in [-0.3, -0.25) is 4.98 Å². The van der Waals surface area contributed by atoms with Crippen molar-refractivity contribution >= 4 is 43.6 Å². The third kappa shape index (κ3) is 3.33. The Kier molecular flexibility index (Phi) is 4.74. The Morgan fingerprint density at radius 2 is 1.08 bits per heavy atom. The van der Waals surface area contributed by atoms with Gasteiger partial charge in [0.15, 0.2) is 0 Å². The molecule has 8 rings (SSSR count). The Morgan fingerprint density at radius 1 is 0.462 bits per heavy atom. The number of hydrogen-bond donors (Lipinski definition) is 0. The van der Waals surface area contributed by atoms with Gasteiger partial charge in [0.05, 0.1) is 27.8 Å². The Morgan fingerprint density at radius 3 is 1.74 bits per heavy atom. The highest BCUT2D eigenvalue weighted by atomic mass is 15.0. The minimum atomic E-state index is 0.981. The topological polar surface area (TPSA) is 22.8 Å². The molecular weight excluding hydrogens is 474 g/mol. The zero-order chi connectivity index (χ0) is 25.9. The van der Waals surface area contributed by atoms with Gasteiger partial charge >= 0.3 is 0 Å². The smallest absolute Gasteiger partial charge is 0.0702 e. The lowest BCUT2D eigenvalue weighted by atomic mass is 10.1. The normalized spacial score (nSPS) is 11.7. The van der Waals surface area contributed by atoms with Crippen LogP contribution in [0.15, 0.2) is 134 Å². The number of pyridine rings is 1. The van der Waals surface area contributed by atoms with Gasteiger partial charge in [0.25, 0.3) is 0 Å². The van der Waals surface area contributed by atoms with E-state index in [-0.39, 0.29) is 0 Å². The zero-order valence-corrected chi connectivity index (χ0v) is 21.5. The molecule has 3 heteroatoms. The van der Waals surface area contributed by atoms with E-state index in [4.69, 9.17) is 4.98 Å². The SMILES string of the molecule is Cc1ccc(-c2cccc(-n3c4ccccc4c4cc5c6ccccc6n(-c6ccccc6)c5cc43)c2)nc1. The van der Waals surface area contributed by atoms with Crippen LogP contribution in [0.5, 0.6) is 0 Å². The van der Waals surface area contributed by atoms with Crippen LogP contribution in [0, 0.1) is 6.92 Å². The summed E-state index contributed by atoms with van der Waals surface area (Å²) in [7, 11) is 0. The van der Waals surface area contributed by atoms with Crippen molar-refractivity contribution in [2.45, 2.75) is 6.92 Å². The van der Waals surface area contributed by atoms with Crippen LogP contribution in [-0.2, 0) is 0 Å². The van der Waals surface area contributed by atoms with Crippen molar-refractivity contribution in [3.8, 4) is 22.6 Å². The zero-order valence-electron chi connectivity index (χ0n) is 21.5. The van der Waals surface area contributed by atoms with Gasteiger partial charge in [-0.15, -0.1) is 0 Å². The van der Waals surface area contributed by atoms with Gasteiger partial charge in [0.1, 0.15) is 0 Å². The van der Waals surface area contributed by atoms with E-state index < -0.39 is 0 Å². The van der Waals surface area contributed by atoms with Crippen LogP contribution in [0.4, 0.5) is 0 Å². The Hall–Kier alpha value is -5.15. The van der Waals surface area contributed by atoms with Gasteiger partial charge in [-0.1, -0.05) is 72.8 Å². The molecule has 0 aliphatic rings. The van der Waals surface area contributed by atoms with Crippen LogP contribution in [0.1, 0.15) is 5.56 Å². The lowest BCUT2D eigenvalue weighted by Crippen LogP contribution is -1.96. The third-order valence-corrected chi connectivity index (χ3v) is 7.79. The standard InChI is InChI=1S/C36H25N3/c1-24-18-19-32(37-23-24)25-10-9-13-27(20-25)39-34-17-8-6-15-29(34)31-21-30-28-14-5-7-16-33(28)38(35(30)22-36(31)39)26-11-3-2-4-12-26/h2-23H,1H3. The predicted octanol–water partition coefficient (Wildman–Crippen LogP) is 9.25. The highest BCUT2D eigenvalue weighted by Crippen LogP contribution is 2.39. The lowest BCUT2D eigenvalue weighted by molar-refractivity contribution is 1.16. The van der Waals surface area contributed by atoms with Crippen molar-refractivity contribution < 1.29 is 0 Å². The highest BCUT2D eigenvalue weighted by molar-refractivity contribution is 6.19. The van der Waals surface area contributed by atoms with E-state index in [1.807, 2.05) is 6.20 Å². The van der Waals surface area contributed by atoms with Crippen LogP contribution < -0.4 is 0 Å². The molecule has 0 saturated heterocycles. The van der Waals surface area contributed by atoms with Gasteiger partial charge in [-0.05, 0) is 67.1 Å². The average Bonchev–Trinajstić information content (AvgIpc) is 3.49. The van der Waals surface area contributed by atoms with E-state index in [2.05, 4.69) is 143 Å². The maximum absolute atomic E-state index is 4.69. The van der Waals surface area contributed by atoms with Gasteiger partial charge in [0, 0.05) is 44.7 Å². The molecular formula is C36H25N3.